The van der Waals surface area contributed by atoms with Gasteiger partial charge < -0.3 is 14.4 Å². The first-order valence-corrected chi connectivity index (χ1v) is 13.9. The Bertz CT molecular complexity index is 1580. The smallest absolute Gasteiger partial charge is 0.335 e. The van der Waals surface area contributed by atoms with Gasteiger partial charge in [0.1, 0.15) is 11.9 Å². The number of ketones is 1. The summed E-state index contributed by atoms with van der Waals surface area (Å²) < 4.78 is 35.5. The molecule has 0 saturated heterocycles. The molecule has 0 aliphatic heterocycles. The van der Waals surface area contributed by atoms with Gasteiger partial charge in [-0.2, -0.15) is 0 Å². The highest BCUT2D eigenvalue weighted by Crippen LogP contribution is 2.36. The van der Waals surface area contributed by atoms with E-state index in [9.17, 15) is 23.1 Å². The van der Waals surface area contributed by atoms with E-state index in [0.29, 0.717) is 48.2 Å². The highest BCUT2D eigenvalue weighted by Gasteiger charge is 2.28. The van der Waals surface area contributed by atoms with Crippen LogP contribution < -0.4 is 4.74 Å². The second-order valence-corrected chi connectivity index (χ2v) is 11.2. The van der Waals surface area contributed by atoms with Crippen LogP contribution in [0.25, 0.3) is 0 Å². The molecule has 0 radical (unpaired) electrons. The first-order chi connectivity index (χ1) is 18.3. The number of carbonyl (C=O) groups excluding carboxylic acids is 1. The van der Waals surface area contributed by atoms with Gasteiger partial charge in [-0.15, -0.1) is 0 Å². The molecule has 0 fully saturated rings. The average molecular weight is 531 g/mol. The standard InChI is InChI=1S/C29H26N2O6S/c32-26-11-5-10-23-24(26)12-13-27(25(23)18-38(35,36)22-9-4-8-21(16-22)29(33)34)37-28(17-31-15-14-30-19-31)20-6-2-1-3-7-20/h1-4,6-9,12-16,19,28H,5,10-11,17-18H2,(H,33,34)/t28-/m1/s1. The van der Waals surface area contributed by atoms with Gasteiger partial charge in [0.15, 0.2) is 15.6 Å². The van der Waals surface area contributed by atoms with Crippen LogP contribution in [0.3, 0.4) is 0 Å². The number of ether oxygens (including phenoxy) is 1. The van der Waals surface area contributed by atoms with Crippen molar-refractivity contribution in [3.8, 4) is 5.75 Å². The van der Waals surface area contributed by atoms with Crippen LogP contribution in [-0.4, -0.2) is 34.8 Å². The summed E-state index contributed by atoms with van der Waals surface area (Å²) in [4.78, 5) is 28.2. The molecule has 1 aromatic heterocycles. The first kappa shape index (κ1) is 25.4. The van der Waals surface area contributed by atoms with Gasteiger partial charge >= 0.3 is 5.97 Å². The highest BCUT2D eigenvalue weighted by molar-refractivity contribution is 7.90. The minimum atomic E-state index is -3.96. The Kier molecular flexibility index (Phi) is 7.11. The van der Waals surface area contributed by atoms with Crippen molar-refractivity contribution in [2.24, 2.45) is 0 Å². The summed E-state index contributed by atoms with van der Waals surface area (Å²) in [6.07, 6.45) is 6.31. The van der Waals surface area contributed by atoms with Crippen LogP contribution in [0.1, 0.15) is 56.4 Å². The fourth-order valence-electron chi connectivity index (χ4n) is 4.76. The van der Waals surface area contributed by atoms with Crippen molar-refractivity contribution in [3.63, 3.8) is 0 Å². The summed E-state index contributed by atoms with van der Waals surface area (Å²) in [6.45, 7) is 0.437. The van der Waals surface area contributed by atoms with Gasteiger partial charge in [0.2, 0.25) is 0 Å². The van der Waals surface area contributed by atoms with Crippen LogP contribution >= 0.6 is 0 Å². The van der Waals surface area contributed by atoms with E-state index in [2.05, 4.69) is 4.98 Å². The molecule has 38 heavy (non-hydrogen) atoms. The predicted molar refractivity (Wildman–Crippen MR) is 140 cm³/mol. The molecule has 0 amide bonds. The second kappa shape index (κ2) is 10.6. The summed E-state index contributed by atoms with van der Waals surface area (Å²) >= 11 is 0. The normalized spacial score (nSPS) is 14.1. The Morgan fingerprint density at radius 2 is 1.87 bits per heavy atom. The van der Waals surface area contributed by atoms with E-state index >= 15 is 0 Å². The van der Waals surface area contributed by atoms with E-state index in [1.807, 2.05) is 41.1 Å². The van der Waals surface area contributed by atoms with Crippen molar-refractivity contribution in [2.45, 2.75) is 42.6 Å². The van der Waals surface area contributed by atoms with Gasteiger partial charge in [0.25, 0.3) is 0 Å². The number of rotatable bonds is 9. The Morgan fingerprint density at radius 1 is 1.05 bits per heavy atom. The molecule has 5 rings (SSSR count). The number of Topliss-reactive ketones (excluding diaryl/α,β-unsaturated/α-hetero) is 1. The van der Waals surface area contributed by atoms with Crippen molar-refractivity contribution in [2.75, 3.05) is 0 Å². The van der Waals surface area contributed by atoms with Gasteiger partial charge in [-0.3, -0.25) is 4.79 Å². The van der Waals surface area contributed by atoms with E-state index < -0.39 is 27.7 Å². The van der Waals surface area contributed by atoms with Crippen LogP contribution in [0.2, 0.25) is 0 Å². The monoisotopic (exact) mass is 530 g/mol. The van der Waals surface area contributed by atoms with E-state index in [1.165, 1.54) is 18.2 Å². The number of aromatic carboxylic acids is 1. The number of nitrogens with zero attached hydrogens (tertiary/aromatic N) is 2. The topological polar surface area (TPSA) is 116 Å². The van der Waals surface area contributed by atoms with Crippen molar-refractivity contribution in [1.29, 1.82) is 0 Å². The Labute approximate surface area is 220 Å². The zero-order chi connectivity index (χ0) is 26.7. The molecule has 1 aliphatic carbocycles. The molecule has 0 saturated carbocycles. The van der Waals surface area contributed by atoms with Crippen molar-refractivity contribution >= 4 is 21.6 Å². The van der Waals surface area contributed by atoms with Crippen LogP contribution in [0.15, 0.2) is 90.3 Å². The molecule has 9 heteroatoms. The van der Waals surface area contributed by atoms with Gasteiger partial charge in [0.05, 0.1) is 29.1 Å². The van der Waals surface area contributed by atoms with Crippen molar-refractivity contribution in [1.82, 2.24) is 9.55 Å². The minimum Gasteiger partial charge on any atom is -0.484 e. The number of fused-ring (bicyclic) bond motifs is 1. The van der Waals surface area contributed by atoms with Crippen LogP contribution in [0.5, 0.6) is 5.75 Å². The maximum absolute atomic E-state index is 13.6. The van der Waals surface area contributed by atoms with Gasteiger partial charge in [-0.1, -0.05) is 36.4 Å². The molecular weight excluding hydrogens is 504 g/mol. The molecule has 0 bridgehead atoms. The van der Waals surface area contributed by atoms with Crippen molar-refractivity contribution < 1.29 is 27.9 Å². The quantitative estimate of drug-likeness (QED) is 0.327. The Balaban J connectivity index is 1.58. The Hall–Kier alpha value is -4.24. The van der Waals surface area contributed by atoms with Crippen LogP contribution in [-0.2, 0) is 28.6 Å². The van der Waals surface area contributed by atoms with E-state index in [0.717, 1.165) is 11.6 Å². The molecule has 1 aliphatic rings. The second-order valence-electron chi connectivity index (χ2n) is 9.21. The number of sulfone groups is 1. The minimum absolute atomic E-state index is 0.0256. The number of imidazole rings is 1. The zero-order valence-corrected chi connectivity index (χ0v) is 21.3. The number of carboxylic acid groups (broad SMARTS) is 1. The average Bonchev–Trinajstić information content (AvgIpc) is 3.43. The molecule has 3 aromatic carbocycles. The summed E-state index contributed by atoms with van der Waals surface area (Å²) in [7, 11) is -3.96. The molecule has 194 valence electrons. The number of carbonyl (C=O) groups is 2. The number of hydrogen-bond acceptors (Lipinski definition) is 6. The zero-order valence-electron chi connectivity index (χ0n) is 20.5. The van der Waals surface area contributed by atoms with Crippen molar-refractivity contribution in [3.05, 3.63) is 113 Å². The maximum atomic E-state index is 13.6. The fraction of sp³-hybridized carbons (Fsp3) is 0.207. The first-order valence-electron chi connectivity index (χ1n) is 12.2. The fourth-order valence-corrected chi connectivity index (χ4v) is 6.22. The summed E-state index contributed by atoms with van der Waals surface area (Å²) in [6, 6.07) is 18.3. The molecule has 8 nitrogen and oxygen atoms in total. The largest absolute Gasteiger partial charge is 0.484 e. The lowest BCUT2D eigenvalue weighted by atomic mass is 9.87. The molecule has 1 heterocycles. The lowest BCUT2D eigenvalue weighted by Gasteiger charge is -2.25. The lowest BCUT2D eigenvalue weighted by Crippen LogP contribution is -2.19. The third kappa shape index (κ3) is 5.38. The number of carboxylic acids is 1. The summed E-state index contributed by atoms with van der Waals surface area (Å²) in [5.41, 5.74) is 2.41. The predicted octanol–water partition coefficient (Wildman–Crippen LogP) is 4.89. The maximum Gasteiger partial charge on any atom is 0.335 e. The lowest BCUT2D eigenvalue weighted by molar-refractivity contribution is 0.0696. The van der Waals surface area contributed by atoms with Gasteiger partial charge in [-0.25, -0.2) is 18.2 Å². The van der Waals surface area contributed by atoms with E-state index in [-0.39, 0.29) is 16.2 Å². The van der Waals surface area contributed by atoms with E-state index in [1.54, 1.807) is 24.7 Å². The van der Waals surface area contributed by atoms with Crippen LogP contribution in [0, 0.1) is 0 Å². The molecule has 4 aromatic rings. The molecule has 1 N–H and O–H groups in total. The molecular formula is C29H26N2O6S. The summed E-state index contributed by atoms with van der Waals surface area (Å²) in [5, 5.41) is 9.35. The Morgan fingerprint density at radius 3 is 2.61 bits per heavy atom. The number of hydrogen-bond donors (Lipinski definition) is 1. The van der Waals surface area contributed by atoms with Crippen LogP contribution in [0.4, 0.5) is 0 Å². The third-order valence-corrected chi connectivity index (χ3v) is 8.31. The SMILES string of the molecule is O=C(O)c1cccc(S(=O)(=O)Cc2c(O[C@H](Cn3ccnc3)c3ccccc3)ccc3c2CCCC3=O)c1. The van der Waals surface area contributed by atoms with Gasteiger partial charge in [-0.05, 0) is 54.3 Å². The third-order valence-electron chi connectivity index (χ3n) is 6.67. The van der Waals surface area contributed by atoms with E-state index in [4.69, 9.17) is 4.74 Å². The molecule has 1 atom stereocenters. The number of benzene rings is 3. The summed E-state index contributed by atoms with van der Waals surface area (Å²) in [5.74, 6) is -1.28. The molecule has 0 unspecified atom stereocenters. The highest BCUT2D eigenvalue weighted by atomic mass is 32.2. The number of aromatic nitrogens is 2. The molecule has 0 spiro atoms. The van der Waals surface area contributed by atoms with Gasteiger partial charge in [0, 0.05) is 29.9 Å².